The van der Waals surface area contributed by atoms with Crippen molar-refractivity contribution in [2.45, 2.75) is 45.9 Å². The van der Waals surface area contributed by atoms with Crippen LogP contribution in [-0.4, -0.2) is 59.5 Å². The summed E-state index contributed by atoms with van der Waals surface area (Å²) in [4.78, 5) is 26.8. The van der Waals surface area contributed by atoms with Gasteiger partial charge in [-0.3, -0.25) is 9.63 Å². The first kappa shape index (κ1) is 23.7. The molecule has 0 spiro atoms. The van der Waals surface area contributed by atoms with Crippen LogP contribution in [0.5, 0.6) is 0 Å². The van der Waals surface area contributed by atoms with Crippen LogP contribution in [0, 0.1) is 18.7 Å². The van der Waals surface area contributed by atoms with Crippen molar-refractivity contribution in [3.05, 3.63) is 59.4 Å². The number of nitrogens with zero attached hydrogens (tertiary/aromatic N) is 6. The summed E-state index contributed by atoms with van der Waals surface area (Å²) in [7, 11) is 0. The minimum Gasteiger partial charge on any atom is -0.389 e. The lowest BCUT2D eigenvalue weighted by atomic mass is 10.1. The highest BCUT2D eigenvalue weighted by atomic mass is 19.1. The molecule has 1 saturated heterocycles. The molecular formula is C26H28FN7O3. The average Bonchev–Trinajstić information content (AvgIpc) is 3.43. The van der Waals surface area contributed by atoms with Gasteiger partial charge >= 0.3 is 0 Å². The van der Waals surface area contributed by atoms with Crippen LogP contribution in [0.15, 0.2) is 36.8 Å². The standard InChI is InChI=1S/C26H28FN7O3/c1-3-32-13-21(24(36)16-4-5-16)20-8-18(6-7-23(20)32)29-26-28-9-22(27)25(30-26)34-11-17(15(2)31-34)10-33-12-19(35)14-37-33/h6-9,11,13,16,19,35H,3-5,10,12,14H2,1-2H3,(H,28,29,30). The largest absolute Gasteiger partial charge is 0.389 e. The third kappa shape index (κ3) is 4.61. The van der Waals surface area contributed by atoms with E-state index in [2.05, 4.69) is 31.9 Å². The molecule has 4 heterocycles. The highest BCUT2D eigenvalue weighted by Crippen LogP contribution is 2.36. The van der Waals surface area contributed by atoms with Crippen LogP contribution in [0.4, 0.5) is 16.0 Å². The zero-order chi connectivity index (χ0) is 25.7. The van der Waals surface area contributed by atoms with E-state index in [1.807, 2.05) is 31.3 Å². The van der Waals surface area contributed by atoms with Crippen LogP contribution in [0.2, 0.25) is 0 Å². The van der Waals surface area contributed by atoms with Gasteiger partial charge < -0.3 is 15.0 Å². The third-order valence-corrected chi connectivity index (χ3v) is 6.85. The third-order valence-electron chi connectivity index (χ3n) is 6.85. The number of aryl methyl sites for hydroxylation is 2. The van der Waals surface area contributed by atoms with Crippen molar-refractivity contribution in [1.82, 2.24) is 29.4 Å². The molecule has 2 N–H and O–H groups in total. The first-order valence-electron chi connectivity index (χ1n) is 12.5. The molecule has 2 fully saturated rings. The smallest absolute Gasteiger partial charge is 0.229 e. The maximum absolute atomic E-state index is 14.7. The van der Waals surface area contributed by atoms with Gasteiger partial charge in [-0.05, 0) is 44.9 Å². The number of Topliss-reactive ketones (excluding diaryl/α,β-unsaturated/α-hetero) is 1. The van der Waals surface area contributed by atoms with E-state index >= 15 is 0 Å². The van der Waals surface area contributed by atoms with Crippen LogP contribution < -0.4 is 5.32 Å². The van der Waals surface area contributed by atoms with Crippen molar-refractivity contribution in [1.29, 1.82) is 0 Å². The monoisotopic (exact) mass is 505 g/mol. The number of ketones is 1. The summed E-state index contributed by atoms with van der Waals surface area (Å²) in [6.45, 7) is 5.72. The number of anilines is 2. The Labute approximate surface area is 212 Å². The Bertz CT molecular complexity index is 1490. The van der Waals surface area contributed by atoms with E-state index in [4.69, 9.17) is 4.84 Å². The molecule has 1 atom stereocenters. The Kier molecular flexibility index (Phi) is 5.98. The number of hydrogen-bond donors (Lipinski definition) is 2. The summed E-state index contributed by atoms with van der Waals surface area (Å²) >= 11 is 0. The molecule has 1 aliphatic carbocycles. The van der Waals surface area contributed by atoms with E-state index in [1.54, 1.807) is 11.3 Å². The van der Waals surface area contributed by atoms with Crippen molar-refractivity contribution in [3.63, 3.8) is 0 Å². The molecule has 2 aliphatic rings. The molecule has 4 aromatic rings. The van der Waals surface area contributed by atoms with Gasteiger partial charge in [-0.2, -0.15) is 15.1 Å². The zero-order valence-corrected chi connectivity index (χ0v) is 20.7. The van der Waals surface area contributed by atoms with Crippen LogP contribution in [0.25, 0.3) is 16.7 Å². The Morgan fingerprint density at radius 3 is 2.86 bits per heavy atom. The number of halogens is 1. The Morgan fingerprint density at radius 1 is 1.30 bits per heavy atom. The van der Waals surface area contributed by atoms with Gasteiger partial charge in [-0.1, -0.05) is 0 Å². The van der Waals surface area contributed by atoms with Crippen molar-refractivity contribution in [3.8, 4) is 5.82 Å². The highest BCUT2D eigenvalue weighted by molar-refractivity contribution is 6.10. The molecule has 11 heteroatoms. The van der Waals surface area contributed by atoms with E-state index in [1.165, 1.54) is 4.68 Å². The number of β-amino-alcohol motifs (C(OH)–C–C–N with tert-alkyl or cyclic N) is 1. The minimum absolute atomic E-state index is 0.0111. The molecule has 37 heavy (non-hydrogen) atoms. The molecule has 6 rings (SSSR count). The summed E-state index contributed by atoms with van der Waals surface area (Å²) in [5, 5.41) is 19.8. The lowest BCUT2D eigenvalue weighted by molar-refractivity contribution is -0.118. The Morgan fingerprint density at radius 2 is 2.14 bits per heavy atom. The lowest BCUT2D eigenvalue weighted by Gasteiger charge is -2.12. The summed E-state index contributed by atoms with van der Waals surface area (Å²) in [5.74, 6) is -0.0767. The van der Waals surface area contributed by atoms with Gasteiger partial charge in [0.2, 0.25) is 5.95 Å². The van der Waals surface area contributed by atoms with Gasteiger partial charge in [0.1, 0.15) is 0 Å². The molecule has 1 unspecified atom stereocenters. The van der Waals surface area contributed by atoms with Crippen LogP contribution in [0.1, 0.15) is 41.4 Å². The molecule has 3 aromatic heterocycles. The van der Waals surface area contributed by atoms with Crippen molar-refractivity contribution >= 4 is 28.3 Å². The fraction of sp³-hybridized carbons (Fsp3) is 0.385. The first-order chi connectivity index (χ1) is 17.9. The summed E-state index contributed by atoms with van der Waals surface area (Å²) in [6, 6.07) is 5.78. The fourth-order valence-electron chi connectivity index (χ4n) is 4.70. The second-order valence-electron chi connectivity index (χ2n) is 9.65. The molecule has 1 aliphatic heterocycles. The number of aliphatic hydroxyl groups is 1. The lowest BCUT2D eigenvalue weighted by Crippen LogP contribution is -2.20. The SMILES string of the molecule is CCn1cc(C(=O)C2CC2)c2cc(Nc3ncc(F)c(-n4cc(CN5CC(O)CO5)c(C)n4)n3)ccc21. The minimum atomic E-state index is -0.611. The van der Waals surface area contributed by atoms with Gasteiger partial charge in [0.05, 0.1) is 37.7 Å². The number of hydroxylamine groups is 2. The Hall–Kier alpha value is -3.67. The molecular weight excluding hydrogens is 477 g/mol. The number of nitrogens with one attached hydrogen (secondary N) is 1. The highest BCUT2D eigenvalue weighted by Gasteiger charge is 2.32. The molecule has 0 radical (unpaired) electrons. The van der Waals surface area contributed by atoms with Crippen LogP contribution in [0.3, 0.4) is 0 Å². The van der Waals surface area contributed by atoms with Gasteiger partial charge in [0.15, 0.2) is 17.4 Å². The quantitative estimate of drug-likeness (QED) is 0.350. The average molecular weight is 506 g/mol. The van der Waals surface area contributed by atoms with Gasteiger partial charge in [-0.15, -0.1) is 0 Å². The van der Waals surface area contributed by atoms with Gasteiger partial charge in [0, 0.05) is 52.6 Å². The van der Waals surface area contributed by atoms with E-state index in [0.717, 1.165) is 47.6 Å². The number of hydrogen-bond acceptors (Lipinski definition) is 8. The summed E-state index contributed by atoms with van der Waals surface area (Å²) in [6.07, 6.45) is 6.12. The van der Waals surface area contributed by atoms with E-state index in [9.17, 15) is 14.3 Å². The molecule has 1 aromatic carbocycles. The normalized spacial score (nSPS) is 18.1. The van der Waals surface area contributed by atoms with E-state index in [0.29, 0.717) is 24.5 Å². The second kappa shape index (κ2) is 9.33. The number of fused-ring (bicyclic) bond motifs is 1. The predicted octanol–water partition coefficient (Wildman–Crippen LogP) is 3.53. The molecule has 0 amide bonds. The molecule has 10 nitrogen and oxygen atoms in total. The molecule has 0 bridgehead atoms. The van der Waals surface area contributed by atoms with Gasteiger partial charge in [0.25, 0.3) is 0 Å². The number of benzene rings is 1. The van der Waals surface area contributed by atoms with Crippen LogP contribution in [-0.2, 0) is 17.9 Å². The van der Waals surface area contributed by atoms with Crippen molar-refractivity contribution in [2.24, 2.45) is 5.92 Å². The number of carbonyl (C=O) groups excluding carboxylic acids is 1. The van der Waals surface area contributed by atoms with E-state index in [-0.39, 0.29) is 30.1 Å². The topological polar surface area (TPSA) is 110 Å². The zero-order valence-electron chi connectivity index (χ0n) is 20.7. The summed E-state index contributed by atoms with van der Waals surface area (Å²) < 4.78 is 18.2. The number of aliphatic hydroxyl groups excluding tert-OH is 1. The Balaban J connectivity index is 1.27. The maximum atomic E-state index is 14.7. The maximum Gasteiger partial charge on any atom is 0.229 e. The number of aromatic nitrogens is 5. The first-order valence-corrected chi connectivity index (χ1v) is 12.5. The molecule has 192 valence electrons. The predicted molar refractivity (Wildman–Crippen MR) is 134 cm³/mol. The number of rotatable bonds is 8. The van der Waals surface area contributed by atoms with Crippen molar-refractivity contribution < 1.29 is 19.1 Å². The number of carbonyl (C=O) groups is 1. The van der Waals surface area contributed by atoms with E-state index < -0.39 is 11.9 Å². The summed E-state index contributed by atoms with van der Waals surface area (Å²) in [5.41, 5.74) is 3.96. The van der Waals surface area contributed by atoms with Gasteiger partial charge in [-0.25, -0.2) is 14.1 Å². The van der Waals surface area contributed by atoms with Crippen LogP contribution >= 0.6 is 0 Å². The fourth-order valence-corrected chi connectivity index (χ4v) is 4.70. The van der Waals surface area contributed by atoms with Crippen molar-refractivity contribution in [2.75, 3.05) is 18.5 Å². The second-order valence-corrected chi connectivity index (χ2v) is 9.65. The molecule has 1 saturated carbocycles.